The zero-order valence-corrected chi connectivity index (χ0v) is 22.2. The van der Waals surface area contributed by atoms with Gasteiger partial charge in [-0.1, -0.05) is 34.4 Å². The minimum atomic E-state index is -0.460. The van der Waals surface area contributed by atoms with Crippen LogP contribution in [0, 0.1) is 0 Å². The molecule has 2 aromatic carbocycles. The van der Waals surface area contributed by atoms with Crippen LogP contribution >= 0.6 is 23.2 Å². The van der Waals surface area contributed by atoms with Crippen molar-refractivity contribution in [2.24, 2.45) is 0 Å². The van der Waals surface area contributed by atoms with Gasteiger partial charge in [0.25, 0.3) is 0 Å². The number of ether oxygens (including phenoxy) is 3. The molecule has 0 saturated heterocycles. The van der Waals surface area contributed by atoms with E-state index >= 15 is 0 Å². The van der Waals surface area contributed by atoms with E-state index in [0.29, 0.717) is 50.2 Å². The number of halogens is 2. The van der Waals surface area contributed by atoms with Crippen LogP contribution in [0.1, 0.15) is 40.4 Å². The molecule has 1 saturated carbocycles. The lowest BCUT2D eigenvalue weighted by molar-refractivity contribution is 0.0600. The van der Waals surface area contributed by atoms with Crippen molar-refractivity contribution in [2.75, 3.05) is 7.11 Å². The van der Waals surface area contributed by atoms with Gasteiger partial charge in [0.1, 0.15) is 29.6 Å². The number of hydrogen-bond donors (Lipinski definition) is 0. The summed E-state index contributed by atoms with van der Waals surface area (Å²) in [5.74, 6) is 2.17. The molecule has 0 bridgehead atoms. The molecule has 0 amide bonds. The average molecular weight is 562 g/mol. The maximum Gasteiger partial charge on any atom is 0.339 e. The van der Waals surface area contributed by atoms with Crippen molar-refractivity contribution in [1.29, 1.82) is 0 Å². The van der Waals surface area contributed by atoms with Crippen LogP contribution in [0.5, 0.6) is 17.4 Å². The van der Waals surface area contributed by atoms with Crippen molar-refractivity contribution in [1.82, 2.24) is 15.1 Å². The Labute approximate surface area is 233 Å². The van der Waals surface area contributed by atoms with Crippen LogP contribution in [0.3, 0.4) is 0 Å². The molecular weight excluding hydrogens is 541 g/mol. The second-order valence-electron chi connectivity index (χ2n) is 9.04. The topological polar surface area (TPSA) is 96.6 Å². The van der Waals surface area contributed by atoms with Gasteiger partial charge < -0.3 is 18.7 Å². The molecule has 39 heavy (non-hydrogen) atoms. The van der Waals surface area contributed by atoms with E-state index in [9.17, 15) is 4.79 Å². The van der Waals surface area contributed by atoms with E-state index in [-0.39, 0.29) is 6.61 Å². The number of nitrogens with zero attached hydrogens (tertiary/aromatic N) is 3. The van der Waals surface area contributed by atoms with Crippen LogP contribution < -0.4 is 9.47 Å². The third kappa shape index (κ3) is 5.26. The number of hydrogen-bond acceptors (Lipinski definition) is 8. The minimum absolute atomic E-state index is 0.230. The number of methoxy groups -OCH3 is 1. The third-order valence-electron chi connectivity index (χ3n) is 6.36. The average Bonchev–Trinajstić information content (AvgIpc) is 3.71. The first-order valence-corrected chi connectivity index (χ1v) is 12.9. The van der Waals surface area contributed by atoms with Gasteiger partial charge >= 0.3 is 5.97 Å². The molecule has 3 heterocycles. The van der Waals surface area contributed by atoms with Crippen LogP contribution in [0.15, 0.2) is 71.5 Å². The summed E-state index contributed by atoms with van der Waals surface area (Å²) in [6.45, 7) is 0.230. The molecule has 196 valence electrons. The molecule has 6 rings (SSSR count). The van der Waals surface area contributed by atoms with Gasteiger partial charge in [-0.15, -0.1) is 0 Å². The molecule has 1 aliphatic carbocycles. The lowest BCUT2D eigenvalue weighted by Gasteiger charge is -2.10. The van der Waals surface area contributed by atoms with E-state index in [0.717, 1.165) is 35.1 Å². The Morgan fingerprint density at radius 2 is 1.82 bits per heavy atom. The Balaban J connectivity index is 1.20. The van der Waals surface area contributed by atoms with Crippen molar-refractivity contribution in [3.05, 3.63) is 93.9 Å². The molecule has 5 aromatic rings. The highest BCUT2D eigenvalue weighted by Gasteiger charge is 2.33. The standard InChI is InChI=1S/C29H21Cl2N3O5/c1-36-29(35)18-8-10-25(33-13-18)38-19-9-7-17-11-20(14-32-24(17)12-19)37-15-21-27(34-39-28(21)16-5-6-16)26-22(30)3-2-4-23(26)31/h2-4,7-14,16H,5-6,15H2,1H3. The quantitative estimate of drug-likeness (QED) is 0.178. The second kappa shape index (κ2) is 10.6. The molecule has 0 aliphatic heterocycles. The molecule has 0 unspecified atom stereocenters. The van der Waals surface area contributed by atoms with Gasteiger partial charge in [-0.2, -0.15) is 0 Å². The van der Waals surface area contributed by atoms with Crippen molar-refractivity contribution in [2.45, 2.75) is 25.4 Å². The molecule has 1 aliphatic rings. The molecule has 3 aromatic heterocycles. The Kier molecular flexibility index (Phi) is 6.81. The van der Waals surface area contributed by atoms with Crippen LogP contribution in [0.4, 0.5) is 0 Å². The Morgan fingerprint density at radius 1 is 1.00 bits per heavy atom. The normalized spacial score (nSPS) is 12.9. The Bertz CT molecular complexity index is 1660. The summed E-state index contributed by atoms with van der Waals surface area (Å²) >= 11 is 12.9. The zero-order chi connectivity index (χ0) is 26.9. The first-order chi connectivity index (χ1) is 19.0. The van der Waals surface area contributed by atoms with Crippen molar-refractivity contribution >= 4 is 40.1 Å². The second-order valence-corrected chi connectivity index (χ2v) is 9.85. The van der Waals surface area contributed by atoms with Gasteiger partial charge in [0.05, 0.1) is 40.0 Å². The Hall–Kier alpha value is -4.14. The predicted octanol–water partition coefficient (Wildman–Crippen LogP) is 7.63. The first kappa shape index (κ1) is 25.2. The highest BCUT2D eigenvalue weighted by Crippen LogP contribution is 2.46. The summed E-state index contributed by atoms with van der Waals surface area (Å²) in [5.41, 5.74) is 3.13. The lowest BCUT2D eigenvalue weighted by Crippen LogP contribution is -2.01. The first-order valence-electron chi connectivity index (χ1n) is 12.2. The maximum absolute atomic E-state index is 11.6. The van der Waals surface area contributed by atoms with E-state index in [2.05, 4.69) is 19.9 Å². The number of benzene rings is 2. The van der Waals surface area contributed by atoms with Gasteiger partial charge in [0, 0.05) is 35.2 Å². The van der Waals surface area contributed by atoms with Gasteiger partial charge in [0.15, 0.2) is 0 Å². The van der Waals surface area contributed by atoms with Crippen LogP contribution in [-0.4, -0.2) is 28.2 Å². The fourth-order valence-electron chi connectivity index (χ4n) is 4.23. The monoisotopic (exact) mass is 561 g/mol. The van der Waals surface area contributed by atoms with E-state index in [1.54, 1.807) is 42.6 Å². The lowest BCUT2D eigenvalue weighted by atomic mass is 10.0. The summed E-state index contributed by atoms with van der Waals surface area (Å²) in [7, 11) is 1.32. The minimum Gasteiger partial charge on any atom is -0.487 e. The number of pyridine rings is 2. The summed E-state index contributed by atoms with van der Waals surface area (Å²) in [6.07, 6.45) is 5.15. The molecule has 0 radical (unpaired) electrons. The third-order valence-corrected chi connectivity index (χ3v) is 6.99. The smallest absolute Gasteiger partial charge is 0.339 e. The number of carbonyl (C=O) groups excluding carboxylic acids is 1. The number of esters is 1. The zero-order valence-electron chi connectivity index (χ0n) is 20.7. The fourth-order valence-corrected chi connectivity index (χ4v) is 4.80. The van der Waals surface area contributed by atoms with Crippen molar-refractivity contribution in [3.63, 3.8) is 0 Å². The SMILES string of the molecule is COC(=O)c1ccc(Oc2ccc3cc(OCc4c(-c5c(Cl)cccc5Cl)noc4C4CC4)cnc3c2)nc1. The molecule has 0 spiro atoms. The van der Waals surface area contributed by atoms with Crippen LogP contribution in [0.2, 0.25) is 10.0 Å². The van der Waals surface area contributed by atoms with Crippen LogP contribution in [0.25, 0.3) is 22.2 Å². The fraction of sp³-hybridized carbons (Fsp3) is 0.172. The predicted molar refractivity (Wildman–Crippen MR) is 146 cm³/mol. The van der Waals surface area contributed by atoms with Gasteiger partial charge in [-0.3, -0.25) is 4.98 Å². The van der Waals surface area contributed by atoms with Crippen LogP contribution in [-0.2, 0) is 11.3 Å². The molecular formula is C29H21Cl2N3O5. The number of rotatable bonds is 8. The number of fused-ring (bicyclic) bond motifs is 1. The van der Waals surface area contributed by atoms with E-state index in [1.165, 1.54) is 13.3 Å². The van der Waals surface area contributed by atoms with Crippen molar-refractivity contribution < 1.29 is 23.5 Å². The maximum atomic E-state index is 11.6. The molecule has 10 heteroatoms. The summed E-state index contributed by atoms with van der Waals surface area (Å²) in [4.78, 5) is 20.3. The molecule has 8 nitrogen and oxygen atoms in total. The van der Waals surface area contributed by atoms with E-state index < -0.39 is 5.97 Å². The largest absolute Gasteiger partial charge is 0.487 e. The summed E-state index contributed by atoms with van der Waals surface area (Å²) < 4.78 is 22.4. The van der Waals surface area contributed by atoms with E-state index in [1.807, 2.05) is 18.2 Å². The summed E-state index contributed by atoms with van der Waals surface area (Å²) in [6, 6.07) is 15.9. The van der Waals surface area contributed by atoms with Gasteiger partial charge in [-0.25, -0.2) is 9.78 Å². The van der Waals surface area contributed by atoms with Crippen molar-refractivity contribution in [3.8, 4) is 28.6 Å². The Morgan fingerprint density at radius 3 is 2.54 bits per heavy atom. The highest BCUT2D eigenvalue weighted by atomic mass is 35.5. The molecule has 1 fully saturated rings. The van der Waals surface area contributed by atoms with E-state index in [4.69, 9.17) is 37.2 Å². The van der Waals surface area contributed by atoms with Gasteiger partial charge in [0.2, 0.25) is 5.88 Å². The highest BCUT2D eigenvalue weighted by molar-refractivity contribution is 6.39. The molecule has 0 N–H and O–H groups in total. The van der Waals surface area contributed by atoms with Gasteiger partial charge in [-0.05, 0) is 49.2 Å². The number of aromatic nitrogens is 3. The summed E-state index contributed by atoms with van der Waals surface area (Å²) in [5, 5.41) is 6.18. The molecule has 0 atom stereocenters. The number of carbonyl (C=O) groups is 1.